The van der Waals surface area contributed by atoms with Crippen LogP contribution in [0.4, 0.5) is 10.8 Å². The average Bonchev–Trinajstić information content (AvgIpc) is 2.78. The molecule has 2 aromatic rings. The molecule has 21 heavy (non-hydrogen) atoms. The molecule has 0 amide bonds. The van der Waals surface area contributed by atoms with Gasteiger partial charge in [-0.15, -0.1) is 0 Å². The van der Waals surface area contributed by atoms with Gasteiger partial charge in [-0.2, -0.15) is 0 Å². The Balaban J connectivity index is 2.34. The zero-order valence-electron chi connectivity index (χ0n) is 12.4. The SMILES string of the molecule is COC(=O)c1sc(Nc2ccccc2C(C)(C)C)nc1Cl. The average molecular weight is 325 g/mol. The number of carbonyl (C=O) groups excluding carboxylic acids is 1. The monoisotopic (exact) mass is 324 g/mol. The number of hydrogen-bond acceptors (Lipinski definition) is 5. The number of nitrogens with one attached hydrogen (secondary N) is 1. The Hall–Kier alpha value is -1.59. The fourth-order valence-corrected chi connectivity index (χ4v) is 3.05. The third-order valence-corrected chi connectivity index (χ3v) is 4.27. The standard InChI is InChI=1S/C15H17ClN2O2S/c1-15(2,3)9-7-5-6-8-10(9)17-14-18-12(16)11(21-14)13(19)20-4/h5-8H,1-4H3,(H,17,18). The van der Waals surface area contributed by atoms with Crippen molar-refractivity contribution in [3.63, 3.8) is 0 Å². The van der Waals surface area contributed by atoms with Crippen molar-refractivity contribution in [2.24, 2.45) is 0 Å². The van der Waals surface area contributed by atoms with Crippen LogP contribution in [0.2, 0.25) is 5.15 Å². The van der Waals surface area contributed by atoms with Crippen molar-refractivity contribution in [3.05, 3.63) is 39.9 Å². The summed E-state index contributed by atoms with van der Waals surface area (Å²) in [5.74, 6) is -0.477. The molecule has 2 rings (SSSR count). The van der Waals surface area contributed by atoms with E-state index in [4.69, 9.17) is 11.6 Å². The topological polar surface area (TPSA) is 51.2 Å². The molecular formula is C15H17ClN2O2S. The lowest BCUT2D eigenvalue weighted by atomic mass is 9.86. The second kappa shape index (κ2) is 6.03. The number of anilines is 2. The number of rotatable bonds is 3. The van der Waals surface area contributed by atoms with Gasteiger partial charge in [0.2, 0.25) is 0 Å². The Morgan fingerprint density at radius 3 is 2.62 bits per heavy atom. The quantitative estimate of drug-likeness (QED) is 0.837. The fraction of sp³-hybridized carbons (Fsp3) is 0.333. The molecule has 1 aromatic carbocycles. The van der Waals surface area contributed by atoms with Gasteiger partial charge in [0.15, 0.2) is 15.2 Å². The number of carbonyl (C=O) groups is 1. The summed E-state index contributed by atoms with van der Waals surface area (Å²) in [7, 11) is 1.32. The van der Waals surface area contributed by atoms with Crippen LogP contribution < -0.4 is 5.32 Å². The Kier molecular flexibility index (Phi) is 4.54. The Morgan fingerprint density at radius 2 is 2.00 bits per heavy atom. The van der Waals surface area contributed by atoms with Crippen LogP contribution in [-0.2, 0) is 10.2 Å². The van der Waals surface area contributed by atoms with E-state index < -0.39 is 5.97 Å². The first-order valence-electron chi connectivity index (χ1n) is 6.44. The maximum absolute atomic E-state index is 11.6. The zero-order chi connectivity index (χ0) is 15.6. The highest BCUT2D eigenvalue weighted by Crippen LogP contribution is 2.34. The number of esters is 1. The highest BCUT2D eigenvalue weighted by molar-refractivity contribution is 7.18. The Bertz CT molecular complexity index is 662. The fourth-order valence-electron chi connectivity index (χ4n) is 1.93. The summed E-state index contributed by atoms with van der Waals surface area (Å²) in [5.41, 5.74) is 2.11. The Labute approximate surface area is 133 Å². The van der Waals surface area contributed by atoms with Gasteiger partial charge in [-0.05, 0) is 17.0 Å². The molecule has 0 bridgehead atoms. The molecule has 0 aliphatic heterocycles. The van der Waals surface area contributed by atoms with E-state index in [-0.39, 0.29) is 10.6 Å². The molecule has 0 saturated heterocycles. The molecule has 0 radical (unpaired) electrons. The minimum Gasteiger partial charge on any atom is -0.465 e. The van der Waals surface area contributed by atoms with Crippen molar-refractivity contribution in [1.82, 2.24) is 4.98 Å². The van der Waals surface area contributed by atoms with Crippen molar-refractivity contribution in [3.8, 4) is 0 Å². The van der Waals surface area contributed by atoms with Crippen LogP contribution in [0, 0.1) is 0 Å². The molecule has 112 valence electrons. The number of ether oxygens (including phenoxy) is 1. The molecular weight excluding hydrogens is 308 g/mol. The van der Waals surface area contributed by atoms with Crippen molar-refractivity contribution < 1.29 is 9.53 Å². The van der Waals surface area contributed by atoms with E-state index >= 15 is 0 Å². The summed E-state index contributed by atoms with van der Waals surface area (Å²) >= 11 is 7.15. The smallest absolute Gasteiger partial charge is 0.351 e. The maximum Gasteiger partial charge on any atom is 0.351 e. The first-order chi connectivity index (χ1) is 9.82. The van der Waals surface area contributed by atoms with Crippen molar-refractivity contribution >= 4 is 39.7 Å². The van der Waals surface area contributed by atoms with Gasteiger partial charge in [0.05, 0.1) is 7.11 Å². The van der Waals surface area contributed by atoms with E-state index in [9.17, 15) is 4.79 Å². The predicted molar refractivity (Wildman–Crippen MR) is 86.9 cm³/mol. The summed E-state index contributed by atoms with van der Waals surface area (Å²) in [5, 5.41) is 3.96. The van der Waals surface area contributed by atoms with Crippen LogP contribution >= 0.6 is 22.9 Å². The van der Waals surface area contributed by atoms with Crippen LogP contribution in [0.1, 0.15) is 36.0 Å². The van der Waals surface area contributed by atoms with E-state index in [0.717, 1.165) is 11.3 Å². The highest BCUT2D eigenvalue weighted by Gasteiger charge is 2.20. The largest absolute Gasteiger partial charge is 0.465 e. The number of methoxy groups -OCH3 is 1. The van der Waals surface area contributed by atoms with Crippen LogP contribution in [-0.4, -0.2) is 18.1 Å². The number of halogens is 1. The van der Waals surface area contributed by atoms with Gasteiger partial charge in [-0.25, -0.2) is 9.78 Å². The van der Waals surface area contributed by atoms with Crippen molar-refractivity contribution in [1.29, 1.82) is 0 Å². The molecule has 0 saturated carbocycles. The molecule has 6 heteroatoms. The molecule has 1 aromatic heterocycles. The molecule has 4 nitrogen and oxygen atoms in total. The maximum atomic E-state index is 11.6. The summed E-state index contributed by atoms with van der Waals surface area (Å²) in [6, 6.07) is 8.00. The summed E-state index contributed by atoms with van der Waals surface area (Å²) in [6.45, 7) is 6.42. The van der Waals surface area contributed by atoms with Gasteiger partial charge in [-0.1, -0.05) is 61.9 Å². The molecule has 0 aliphatic carbocycles. The lowest BCUT2D eigenvalue weighted by molar-refractivity contribution is 0.0606. The molecule has 0 spiro atoms. The second-order valence-corrected chi connectivity index (χ2v) is 6.91. The number of nitrogens with zero attached hydrogens (tertiary/aromatic N) is 1. The number of para-hydroxylation sites is 1. The molecule has 1 heterocycles. The zero-order valence-corrected chi connectivity index (χ0v) is 13.9. The lowest BCUT2D eigenvalue weighted by Crippen LogP contribution is -2.13. The normalized spacial score (nSPS) is 11.3. The molecule has 0 unspecified atom stereocenters. The van der Waals surface area contributed by atoms with E-state index in [0.29, 0.717) is 10.0 Å². The first-order valence-corrected chi connectivity index (χ1v) is 7.63. The molecule has 1 N–H and O–H groups in total. The van der Waals surface area contributed by atoms with Crippen LogP contribution in [0.25, 0.3) is 0 Å². The second-order valence-electron chi connectivity index (χ2n) is 5.55. The van der Waals surface area contributed by atoms with E-state index in [1.807, 2.05) is 18.2 Å². The van der Waals surface area contributed by atoms with Gasteiger partial charge in [0.1, 0.15) is 0 Å². The number of aromatic nitrogens is 1. The number of benzene rings is 1. The molecule has 0 atom stereocenters. The number of hydrogen-bond donors (Lipinski definition) is 1. The van der Waals surface area contributed by atoms with Gasteiger partial charge in [-0.3, -0.25) is 0 Å². The van der Waals surface area contributed by atoms with Gasteiger partial charge in [0, 0.05) is 5.69 Å². The third kappa shape index (κ3) is 3.54. The van der Waals surface area contributed by atoms with Crippen LogP contribution in [0.5, 0.6) is 0 Å². The minimum atomic E-state index is -0.477. The predicted octanol–water partition coefficient (Wildman–Crippen LogP) is 4.62. The van der Waals surface area contributed by atoms with E-state index in [1.54, 1.807) is 0 Å². The van der Waals surface area contributed by atoms with Crippen molar-refractivity contribution in [2.75, 3.05) is 12.4 Å². The summed E-state index contributed by atoms with van der Waals surface area (Å²) in [6.07, 6.45) is 0. The van der Waals surface area contributed by atoms with Crippen LogP contribution in [0.15, 0.2) is 24.3 Å². The lowest BCUT2D eigenvalue weighted by Gasteiger charge is -2.22. The van der Waals surface area contributed by atoms with E-state index in [1.165, 1.54) is 18.4 Å². The summed E-state index contributed by atoms with van der Waals surface area (Å²) in [4.78, 5) is 16.0. The summed E-state index contributed by atoms with van der Waals surface area (Å²) < 4.78 is 4.68. The highest BCUT2D eigenvalue weighted by atomic mass is 35.5. The first kappa shape index (κ1) is 15.8. The van der Waals surface area contributed by atoms with Crippen LogP contribution in [0.3, 0.4) is 0 Å². The van der Waals surface area contributed by atoms with Gasteiger partial charge < -0.3 is 10.1 Å². The molecule has 0 aliphatic rings. The minimum absolute atomic E-state index is 0.00414. The van der Waals surface area contributed by atoms with Gasteiger partial charge in [0.25, 0.3) is 0 Å². The Morgan fingerprint density at radius 1 is 1.33 bits per heavy atom. The third-order valence-electron chi connectivity index (χ3n) is 2.93. The van der Waals surface area contributed by atoms with Crippen molar-refractivity contribution in [2.45, 2.75) is 26.2 Å². The van der Waals surface area contributed by atoms with E-state index in [2.05, 4.69) is 41.9 Å². The number of thiazole rings is 1. The van der Waals surface area contributed by atoms with Gasteiger partial charge >= 0.3 is 5.97 Å². The molecule has 0 fully saturated rings.